The van der Waals surface area contributed by atoms with Gasteiger partial charge in [-0.25, -0.2) is 11.5 Å². The quantitative estimate of drug-likeness (QED) is 0.354. The summed E-state index contributed by atoms with van der Waals surface area (Å²) < 4.78 is 0. The van der Waals surface area contributed by atoms with E-state index in [4.69, 9.17) is 11.5 Å². The minimum Gasteiger partial charge on any atom is -0.200 e. The van der Waals surface area contributed by atoms with Crippen molar-refractivity contribution in [3.63, 3.8) is 0 Å². The van der Waals surface area contributed by atoms with Crippen molar-refractivity contribution >= 4 is 30.8 Å². The molecule has 0 aliphatic heterocycles. The summed E-state index contributed by atoms with van der Waals surface area (Å²) in [6.07, 6.45) is 0. The normalized spacial score (nSPS) is 6.50. The molecule has 0 aliphatic rings. The van der Waals surface area contributed by atoms with E-state index in [0.717, 1.165) is 5.65 Å². The van der Waals surface area contributed by atoms with Crippen molar-refractivity contribution in [3.8, 4) is 0 Å². The molecule has 0 fully saturated rings. The van der Waals surface area contributed by atoms with Gasteiger partial charge in [-0.2, -0.15) is 12.6 Å². The van der Waals surface area contributed by atoms with E-state index in [0.29, 0.717) is 6.69 Å². The van der Waals surface area contributed by atoms with Gasteiger partial charge in [0.2, 0.25) is 6.69 Å². The van der Waals surface area contributed by atoms with Crippen molar-refractivity contribution in [2.45, 2.75) is 0 Å². The van der Waals surface area contributed by atoms with Crippen molar-refractivity contribution in [3.05, 3.63) is 0 Å². The molecule has 0 saturated carbocycles. The Kier molecular flexibility index (Phi) is 4.36. The Balaban J connectivity index is 1.97. The fourth-order valence-electron chi connectivity index (χ4n) is 0. The predicted molar refractivity (Wildman–Crippen MR) is 26.9 cm³/mol. The standard InChI is InChI=1S/CH4BClS/c3-2-1-4/h2,4H,1H2. The molecule has 0 amide bonds. The maximum absolute atomic E-state index is 5.11. The number of halogens is 1. The molecule has 0 aromatic rings. The van der Waals surface area contributed by atoms with E-state index in [2.05, 4.69) is 12.6 Å². The largest absolute Gasteiger partial charge is 0.242 e. The van der Waals surface area contributed by atoms with Gasteiger partial charge in [-0.15, -0.1) is 0 Å². The van der Waals surface area contributed by atoms with Crippen molar-refractivity contribution < 1.29 is 0 Å². The Morgan fingerprint density at radius 2 is 2.25 bits per heavy atom. The summed E-state index contributed by atoms with van der Waals surface area (Å²) in [5, 5.41) is 0. The molecule has 3 heteroatoms. The molecule has 0 spiro atoms. The Morgan fingerprint density at radius 1 is 2.00 bits per heavy atom. The van der Waals surface area contributed by atoms with Gasteiger partial charge < -0.3 is 0 Å². The third-order valence-corrected chi connectivity index (χ3v) is 0.761. The lowest BCUT2D eigenvalue weighted by Gasteiger charge is -1.60. The Hall–Kier alpha value is 0.705. The van der Waals surface area contributed by atoms with Gasteiger partial charge in [0.05, 0.1) is 0 Å². The summed E-state index contributed by atoms with van der Waals surface area (Å²) in [6, 6.07) is 0. The molecule has 0 atom stereocenters. The zero-order valence-corrected chi connectivity index (χ0v) is 3.89. The van der Waals surface area contributed by atoms with E-state index < -0.39 is 0 Å². The lowest BCUT2D eigenvalue weighted by molar-refractivity contribution is 2.26. The maximum atomic E-state index is 5.11. The second-order valence-electron chi connectivity index (χ2n) is 0.413. The maximum Gasteiger partial charge on any atom is 0.242 e. The van der Waals surface area contributed by atoms with Crippen LogP contribution in [0.4, 0.5) is 0 Å². The van der Waals surface area contributed by atoms with Crippen molar-refractivity contribution in [2.75, 3.05) is 5.65 Å². The fraction of sp³-hybridized carbons (Fsp3) is 1.00. The van der Waals surface area contributed by atoms with Gasteiger partial charge in [0, 0.05) is 0 Å². The molecule has 0 aliphatic carbocycles. The lowest BCUT2D eigenvalue weighted by atomic mass is 10.2. The van der Waals surface area contributed by atoms with E-state index in [-0.39, 0.29) is 0 Å². The molecule has 0 saturated heterocycles. The van der Waals surface area contributed by atoms with Crippen LogP contribution in [0, 0.1) is 0 Å². The molecule has 0 radical (unpaired) electrons. The fourth-order valence-corrected chi connectivity index (χ4v) is 0. The highest BCUT2D eigenvalue weighted by Gasteiger charge is 1.66. The molecular weight excluding hydrogens is 90.3 g/mol. The highest BCUT2D eigenvalue weighted by Crippen LogP contribution is 1.69. The molecule has 0 N–H and O–H groups in total. The highest BCUT2D eigenvalue weighted by molar-refractivity contribution is 7.82. The smallest absolute Gasteiger partial charge is 0.200 e. The molecule has 0 heterocycles. The molecule has 0 aromatic heterocycles. The second kappa shape index (κ2) is 3.70. The van der Waals surface area contributed by atoms with Crippen molar-refractivity contribution in [2.24, 2.45) is 0 Å². The summed E-state index contributed by atoms with van der Waals surface area (Å²) in [4.78, 5) is 0. The average molecular weight is 94.4 g/mol. The van der Waals surface area contributed by atoms with Gasteiger partial charge in [0.25, 0.3) is 0 Å². The van der Waals surface area contributed by atoms with Gasteiger partial charge in [-0.05, 0) is 5.65 Å². The van der Waals surface area contributed by atoms with E-state index in [1.807, 2.05) is 0 Å². The van der Waals surface area contributed by atoms with E-state index in [9.17, 15) is 0 Å². The highest BCUT2D eigenvalue weighted by atomic mass is 35.5. The summed E-state index contributed by atoms with van der Waals surface area (Å²) >= 11 is 8.90. The zero-order valence-electron chi connectivity index (χ0n) is 2.24. The SMILES string of the molecule is SCBCl. The monoisotopic (exact) mass is 94.0 g/mol. The van der Waals surface area contributed by atoms with Crippen molar-refractivity contribution in [1.82, 2.24) is 0 Å². The number of rotatable bonds is 1. The molecule has 0 nitrogen and oxygen atoms in total. The minimum absolute atomic E-state index is 0.656. The zero-order chi connectivity index (χ0) is 3.41. The summed E-state index contributed by atoms with van der Waals surface area (Å²) in [6.45, 7) is 0.656. The first-order chi connectivity index (χ1) is 1.91. The first-order valence-electron chi connectivity index (χ1n) is 1.08. The van der Waals surface area contributed by atoms with E-state index >= 15 is 0 Å². The van der Waals surface area contributed by atoms with E-state index in [1.165, 1.54) is 0 Å². The first kappa shape index (κ1) is 4.70. The van der Waals surface area contributed by atoms with Crippen LogP contribution in [0.25, 0.3) is 0 Å². The van der Waals surface area contributed by atoms with Crippen LogP contribution < -0.4 is 0 Å². The Labute approximate surface area is 37.1 Å². The van der Waals surface area contributed by atoms with Crippen LogP contribution in [-0.4, -0.2) is 12.3 Å². The van der Waals surface area contributed by atoms with Crippen LogP contribution in [-0.2, 0) is 0 Å². The van der Waals surface area contributed by atoms with Gasteiger partial charge in [-0.3, -0.25) is 0 Å². The van der Waals surface area contributed by atoms with Gasteiger partial charge in [0.1, 0.15) is 0 Å². The second-order valence-corrected chi connectivity index (χ2v) is 1.24. The number of hydrogen-bond acceptors (Lipinski definition) is 1. The third kappa shape index (κ3) is 2.70. The molecule has 4 heavy (non-hydrogen) atoms. The van der Waals surface area contributed by atoms with Crippen LogP contribution in [0.5, 0.6) is 0 Å². The first-order valence-corrected chi connectivity index (χ1v) is 2.25. The van der Waals surface area contributed by atoms with Gasteiger partial charge in [0.15, 0.2) is 0 Å². The van der Waals surface area contributed by atoms with Crippen LogP contribution in [0.2, 0.25) is 0 Å². The van der Waals surface area contributed by atoms with Crippen LogP contribution in [0.3, 0.4) is 0 Å². The minimum atomic E-state index is 0.656. The molecule has 24 valence electrons. The molecule has 0 aromatic carbocycles. The average Bonchev–Trinajstić information content (AvgIpc) is 1.37. The summed E-state index contributed by atoms with van der Waals surface area (Å²) in [5.74, 6) is 0. The van der Waals surface area contributed by atoms with Gasteiger partial charge >= 0.3 is 0 Å². The third-order valence-electron chi connectivity index (χ3n) is 0.0845. The van der Waals surface area contributed by atoms with E-state index in [1.54, 1.807) is 0 Å². The Bertz CT molecular complexity index is 10.0. The lowest BCUT2D eigenvalue weighted by Crippen LogP contribution is -1.71. The summed E-state index contributed by atoms with van der Waals surface area (Å²) in [7, 11) is 0. The molecule has 0 rings (SSSR count). The predicted octanol–water partition coefficient (Wildman–Crippen LogP) is 0.464. The summed E-state index contributed by atoms with van der Waals surface area (Å²) in [5.41, 5.74) is 0.779. The van der Waals surface area contributed by atoms with Crippen LogP contribution in [0.15, 0.2) is 0 Å². The number of hydrogen-bond donors (Lipinski definition) is 1. The van der Waals surface area contributed by atoms with Crippen LogP contribution in [0.1, 0.15) is 0 Å². The van der Waals surface area contributed by atoms with Gasteiger partial charge in [-0.1, -0.05) is 0 Å². The molecule has 0 unspecified atom stereocenters. The molecular formula is CH4BClS. The van der Waals surface area contributed by atoms with Crippen LogP contribution >= 0.6 is 24.1 Å². The van der Waals surface area contributed by atoms with Crippen molar-refractivity contribution in [1.29, 1.82) is 0 Å². The topological polar surface area (TPSA) is 0 Å². The molecule has 0 bridgehead atoms. The Morgan fingerprint density at radius 3 is 2.25 bits per heavy atom. The number of thiol groups is 1.